The summed E-state index contributed by atoms with van der Waals surface area (Å²) in [5.41, 5.74) is 2.36. The Morgan fingerprint density at radius 1 is 0.871 bits per heavy atom. The van der Waals surface area contributed by atoms with Crippen LogP contribution in [0.2, 0.25) is 5.02 Å². The summed E-state index contributed by atoms with van der Waals surface area (Å²) in [7, 11) is 3.50. The Morgan fingerprint density at radius 3 is 1.97 bits per heavy atom. The Morgan fingerprint density at radius 2 is 1.45 bits per heavy atom. The zero-order valence-corrected chi connectivity index (χ0v) is 18.1. The second kappa shape index (κ2) is 7.19. The standard InChI is InChI=1S/C19H18ClF3N8/c1-9-6-14(19(21,22)23)25-18(24-9)31-17(13-8-30(5)27-11(13)3)15(20)16(28-31)12-7-29(4)26-10(12)2/h6-8H,1-5H3. The van der Waals surface area contributed by atoms with Gasteiger partial charge in [0.2, 0.25) is 0 Å². The minimum absolute atomic E-state index is 0.150. The highest BCUT2D eigenvalue weighted by atomic mass is 35.5. The number of nitrogens with zero attached hydrogens (tertiary/aromatic N) is 8. The summed E-state index contributed by atoms with van der Waals surface area (Å²) in [5.74, 6) is -0.236. The van der Waals surface area contributed by atoms with E-state index in [0.717, 1.165) is 6.07 Å². The van der Waals surface area contributed by atoms with Crippen molar-refractivity contribution in [3.8, 4) is 28.5 Å². The summed E-state index contributed by atoms with van der Waals surface area (Å²) in [4.78, 5) is 7.93. The van der Waals surface area contributed by atoms with E-state index in [2.05, 4.69) is 25.3 Å². The smallest absolute Gasteiger partial charge is 0.275 e. The van der Waals surface area contributed by atoms with Crippen molar-refractivity contribution in [2.75, 3.05) is 0 Å². The number of halogens is 4. The normalized spacial score (nSPS) is 12.0. The molecule has 0 aliphatic heterocycles. The molecule has 0 unspecified atom stereocenters. The van der Waals surface area contributed by atoms with Crippen LogP contribution in [0.25, 0.3) is 28.5 Å². The Labute approximate surface area is 180 Å². The van der Waals surface area contributed by atoms with Crippen LogP contribution in [-0.4, -0.2) is 39.3 Å². The van der Waals surface area contributed by atoms with Crippen LogP contribution >= 0.6 is 11.6 Å². The fourth-order valence-electron chi connectivity index (χ4n) is 3.41. The molecular formula is C19H18ClF3N8. The van der Waals surface area contributed by atoms with Crippen molar-refractivity contribution < 1.29 is 13.2 Å². The molecule has 12 heteroatoms. The molecule has 0 saturated heterocycles. The lowest BCUT2D eigenvalue weighted by atomic mass is 10.1. The third-order valence-corrected chi connectivity index (χ3v) is 5.05. The van der Waals surface area contributed by atoms with Gasteiger partial charge in [0.05, 0.1) is 16.4 Å². The van der Waals surface area contributed by atoms with E-state index >= 15 is 0 Å². The second-order valence-electron chi connectivity index (χ2n) is 7.22. The van der Waals surface area contributed by atoms with Crippen LogP contribution in [0.3, 0.4) is 0 Å². The molecule has 4 aromatic rings. The fraction of sp³-hybridized carbons (Fsp3) is 0.316. The first-order valence-electron chi connectivity index (χ1n) is 9.18. The highest BCUT2D eigenvalue weighted by molar-refractivity contribution is 6.35. The van der Waals surface area contributed by atoms with Crippen molar-refractivity contribution in [2.45, 2.75) is 26.9 Å². The lowest BCUT2D eigenvalue weighted by Gasteiger charge is -2.10. The average molecular weight is 451 g/mol. The molecule has 0 fully saturated rings. The number of hydrogen-bond acceptors (Lipinski definition) is 5. The van der Waals surface area contributed by atoms with Gasteiger partial charge in [-0.3, -0.25) is 9.36 Å². The summed E-state index contributed by atoms with van der Waals surface area (Å²) in [5, 5.41) is 13.4. The summed E-state index contributed by atoms with van der Waals surface area (Å²) < 4.78 is 44.6. The number of alkyl halides is 3. The summed E-state index contributed by atoms with van der Waals surface area (Å²) >= 11 is 6.75. The van der Waals surface area contributed by atoms with Crippen LogP contribution < -0.4 is 0 Å². The van der Waals surface area contributed by atoms with Crippen molar-refractivity contribution in [1.29, 1.82) is 0 Å². The fourth-order valence-corrected chi connectivity index (χ4v) is 3.73. The molecule has 0 bridgehead atoms. The van der Waals surface area contributed by atoms with Crippen LogP contribution in [0.1, 0.15) is 22.8 Å². The predicted octanol–water partition coefficient (Wildman–Crippen LogP) is 4.06. The summed E-state index contributed by atoms with van der Waals surface area (Å²) in [6.45, 7) is 5.04. The van der Waals surface area contributed by atoms with Gasteiger partial charge in [-0.2, -0.15) is 33.1 Å². The Balaban J connectivity index is 2.04. The first-order chi connectivity index (χ1) is 14.5. The predicted molar refractivity (Wildman–Crippen MR) is 108 cm³/mol. The van der Waals surface area contributed by atoms with E-state index in [0.29, 0.717) is 33.9 Å². The van der Waals surface area contributed by atoms with Gasteiger partial charge in [0.15, 0.2) is 0 Å². The van der Waals surface area contributed by atoms with Crippen molar-refractivity contribution in [1.82, 2.24) is 39.3 Å². The van der Waals surface area contributed by atoms with Crippen LogP contribution in [0.15, 0.2) is 18.5 Å². The Kier molecular flexibility index (Phi) is 4.88. The third-order valence-electron chi connectivity index (χ3n) is 4.69. The van der Waals surface area contributed by atoms with Gasteiger partial charge in [-0.25, -0.2) is 9.97 Å². The van der Waals surface area contributed by atoms with Gasteiger partial charge in [0.1, 0.15) is 17.1 Å². The maximum absolute atomic E-state index is 13.4. The van der Waals surface area contributed by atoms with E-state index < -0.39 is 11.9 Å². The Bertz CT molecular complexity index is 1300. The molecular weight excluding hydrogens is 433 g/mol. The SMILES string of the molecule is Cc1cc(C(F)(F)F)nc(-n2nc(-c3cn(C)nc3C)c(Cl)c2-c2cn(C)nc2C)n1. The zero-order valence-electron chi connectivity index (χ0n) is 17.3. The van der Waals surface area contributed by atoms with Crippen LogP contribution in [0, 0.1) is 20.8 Å². The molecule has 0 aliphatic rings. The van der Waals surface area contributed by atoms with Gasteiger partial charge in [-0.1, -0.05) is 11.6 Å². The molecule has 4 heterocycles. The van der Waals surface area contributed by atoms with Crippen LogP contribution in [0.4, 0.5) is 13.2 Å². The van der Waals surface area contributed by atoms with Gasteiger partial charge in [0, 0.05) is 43.3 Å². The van der Waals surface area contributed by atoms with E-state index in [9.17, 15) is 13.2 Å². The number of hydrogen-bond donors (Lipinski definition) is 0. The third kappa shape index (κ3) is 3.69. The molecule has 162 valence electrons. The quantitative estimate of drug-likeness (QED) is 0.470. The van der Waals surface area contributed by atoms with E-state index in [1.165, 1.54) is 11.6 Å². The van der Waals surface area contributed by atoms with E-state index in [4.69, 9.17) is 11.6 Å². The second-order valence-corrected chi connectivity index (χ2v) is 7.60. The molecule has 0 spiro atoms. The monoisotopic (exact) mass is 450 g/mol. The summed E-state index contributed by atoms with van der Waals surface area (Å²) in [6, 6.07) is 0.885. The zero-order chi connectivity index (χ0) is 22.7. The molecule has 0 aromatic carbocycles. The first-order valence-corrected chi connectivity index (χ1v) is 9.56. The molecule has 4 rings (SSSR count). The van der Waals surface area contributed by atoms with E-state index in [1.807, 2.05) is 0 Å². The first kappa shape index (κ1) is 21.0. The highest BCUT2D eigenvalue weighted by Crippen LogP contribution is 2.39. The molecule has 31 heavy (non-hydrogen) atoms. The van der Waals surface area contributed by atoms with Crippen LogP contribution in [0.5, 0.6) is 0 Å². The minimum Gasteiger partial charge on any atom is -0.275 e. The molecule has 0 radical (unpaired) electrons. The summed E-state index contributed by atoms with van der Waals surface area (Å²) in [6.07, 6.45) is -1.17. The van der Waals surface area contributed by atoms with Gasteiger partial charge in [0.25, 0.3) is 5.95 Å². The van der Waals surface area contributed by atoms with Crippen molar-refractivity contribution >= 4 is 11.6 Å². The lowest BCUT2D eigenvalue weighted by molar-refractivity contribution is -0.141. The van der Waals surface area contributed by atoms with Gasteiger partial charge < -0.3 is 0 Å². The number of aromatic nitrogens is 8. The van der Waals surface area contributed by atoms with Gasteiger partial charge in [-0.15, -0.1) is 0 Å². The molecule has 8 nitrogen and oxygen atoms in total. The van der Waals surface area contributed by atoms with Gasteiger partial charge >= 0.3 is 6.18 Å². The number of aryl methyl sites for hydroxylation is 5. The van der Waals surface area contributed by atoms with E-state index in [1.54, 1.807) is 49.7 Å². The average Bonchev–Trinajstić information content (AvgIpc) is 3.27. The number of rotatable bonds is 3. The lowest BCUT2D eigenvalue weighted by Crippen LogP contribution is -2.14. The van der Waals surface area contributed by atoms with Crippen molar-refractivity contribution in [2.24, 2.45) is 14.1 Å². The maximum atomic E-state index is 13.4. The molecule has 0 saturated carbocycles. The maximum Gasteiger partial charge on any atom is 0.433 e. The minimum atomic E-state index is -4.63. The van der Waals surface area contributed by atoms with Crippen LogP contribution in [-0.2, 0) is 20.3 Å². The largest absolute Gasteiger partial charge is 0.433 e. The Hall–Kier alpha value is -3.21. The molecule has 4 aromatic heterocycles. The van der Waals surface area contributed by atoms with Crippen molar-refractivity contribution in [3.63, 3.8) is 0 Å². The van der Waals surface area contributed by atoms with E-state index in [-0.39, 0.29) is 16.7 Å². The topological polar surface area (TPSA) is 79.2 Å². The molecule has 0 N–H and O–H groups in total. The van der Waals surface area contributed by atoms with Gasteiger partial charge in [-0.05, 0) is 26.8 Å². The molecule has 0 atom stereocenters. The molecule has 0 amide bonds. The highest BCUT2D eigenvalue weighted by Gasteiger charge is 2.34. The molecule has 0 aliphatic carbocycles. The van der Waals surface area contributed by atoms with Crippen molar-refractivity contribution in [3.05, 3.63) is 46.3 Å².